The van der Waals surface area contributed by atoms with Gasteiger partial charge in [-0.3, -0.25) is 15.5 Å². The maximum Gasteiger partial charge on any atom is 0.344 e. The lowest BCUT2D eigenvalue weighted by atomic mass is 10.2. The quantitative estimate of drug-likeness (QED) is 0.285. The smallest absolute Gasteiger partial charge is 0.344 e. The fraction of sp³-hybridized carbons (Fsp3) is 0.278. The third kappa shape index (κ3) is 6.24. The molecule has 2 aromatic rings. The summed E-state index contributed by atoms with van der Waals surface area (Å²) in [5, 5.41) is 14.6. The molecule has 0 fully saturated rings. The fourth-order valence-electron chi connectivity index (χ4n) is 2.06. The maximum absolute atomic E-state index is 11.4. The molecule has 10 heteroatoms. The third-order valence-corrected chi connectivity index (χ3v) is 3.27. The van der Waals surface area contributed by atoms with Gasteiger partial charge in [-0.1, -0.05) is 0 Å². The number of hydrogen-bond donors (Lipinski definition) is 1. The summed E-state index contributed by atoms with van der Waals surface area (Å²) in [6.07, 6.45) is 2.67. The molecule has 0 saturated carbocycles. The van der Waals surface area contributed by atoms with Gasteiger partial charge in [0.1, 0.15) is 12.0 Å². The van der Waals surface area contributed by atoms with Crippen molar-refractivity contribution in [1.82, 2.24) is 4.98 Å². The monoisotopic (exact) mass is 388 g/mol. The van der Waals surface area contributed by atoms with Crippen LogP contribution in [-0.2, 0) is 9.53 Å². The number of rotatable bonds is 10. The van der Waals surface area contributed by atoms with E-state index in [-0.39, 0.29) is 18.9 Å². The first-order chi connectivity index (χ1) is 13.5. The first-order valence-electron chi connectivity index (χ1n) is 8.48. The Bertz CT molecular complexity index is 838. The molecule has 1 aromatic heterocycles. The van der Waals surface area contributed by atoms with Crippen molar-refractivity contribution in [2.24, 2.45) is 5.10 Å². The molecule has 10 nitrogen and oxygen atoms in total. The van der Waals surface area contributed by atoms with Crippen molar-refractivity contribution in [1.29, 1.82) is 0 Å². The van der Waals surface area contributed by atoms with Gasteiger partial charge in [-0.25, -0.2) is 9.78 Å². The molecule has 148 valence electrons. The minimum atomic E-state index is -0.527. The Morgan fingerprint density at radius 3 is 2.68 bits per heavy atom. The lowest BCUT2D eigenvalue weighted by molar-refractivity contribution is -0.385. The van der Waals surface area contributed by atoms with Crippen molar-refractivity contribution < 1.29 is 23.9 Å². The van der Waals surface area contributed by atoms with Gasteiger partial charge in [0.25, 0.3) is 5.69 Å². The highest BCUT2D eigenvalue weighted by Gasteiger charge is 2.09. The number of nitrogens with one attached hydrogen (secondary N) is 1. The van der Waals surface area contributed by atoms with Gasteiger partial charge in [0.15, 0.2) is 18.1 Å². The van der Waals surface area contributed by atoms with Crippen LogP contribution in [-0.4, -0.2) is 41.9 Å². The average Bonchev–Trinajstić information content (AvgIpc) is 2.68. The van der Waals surface area contributed by atoms with Gasteiger partial charge in [-0.05, 0) is 43.7 Å². The Morgan fingerprint density at radius 2 is 2.04 bits per heavy atom. The van der Waals surface area contributed by atoms with E-state index in [0.29, 0.717) is 29.5 Å². The van der Waals surface area contributed by atoms with Crippen molar-refractivity contribution in [3.8, 4) is 11.5 Å². The van der Waals surface area contributed by atoms with Gasteiger partial charge in [-0.2, -0.15) is 5.10 Å². The standard InChI is InChI=1S/C18H20N4O6/c1-3-26-16-9-13(5-7-15(16)28-12-18(23)27-4-2)10-20-21-17-8-6-14(11-19-17)22(24)25/h5-11H,3-4,12H2,1-2H3,(H,19,21)/b20-10+. The molecular weight excluding hydrogens is 368 g/mol. The van der Waals surface area contributed by atoms with Crippen LogP contribution in [0.5, 0.6) is 11.5 Å². The number of pyridine rings is 1. The van der Waals surface area contributed by atoms with Crippen LogP contribution >= 0.6 is 0 Å². The first-order valence-corrected chi connectivity index (χ1v) is 8.48. The Kier molecular flexibility index (Phi) is 7.70. The Hall–Kier alpha value is -3.69. The molecule has 0 saturated heterocycles. The number of hydrogen-bond acceptors (Lipinski definition) is 9. The first kappa shape index (κ1) is 20.6. The zero-order valence-electron chi connectivity index (χ0n) is 15.5. The SMILES string of the molecule is CCOC(=O)COc1ccc(/C=N/Nc2ccc([N+](=O)[O-])cn2)cc1OCC. The molecule has 0 aliphatic carbocycles. The summed E-state index contributed by atoms with van der Waals surface area (Å²) in [5.41, 5.74) is 3.29. The largest absolute Gasteiger partial charge is 0.490 e. The number of nitrogens with zero attached hydrogens (tertiary/aromatic N) is 3. The maximum atomic E-state index is 11.4. The molecule has 0 unspecified atom stereocenters. The van der Waals surface area contributed by atoms with Crippen molar-refractivity contribution in [3.05, 3.63) is 52.2 Å². The van der Waals surface area contributed by atoms with Crippen molar-refractivity contribution in [2.75, 3.05) is 25.2 Å². The minimum absolute atomic E-state index is 0.103. The van der Waals surface area contributed by atoms with E-state index in [1.165, 1.54) is 18.3 Å². The molecule has 0 aliphatic rings. The molecule has 1 heterocycles. The van der Waals surface area contributed by atoms with Gasteiger partial charge in [0.2, 0.25) is 0 Å². The number of aromatic nitrogens is 1. The predicted molar refractivity (Wildman–Crippen MR) is 102 cm³/mol. The van der Waals surface area contributed by atoms with Gasteiger partial charge in [0, 0.05) is 6.07 Å². The number of carbonyl (C=O) groups excluding carboxylic acids is 1. The Labute approximate surface area is 161 Å². The van der Waals surface area contributed by atoms with E-state index in [4.69, 9.17) is 14.2 Å². The summed E-state index contributed by atoms with van der Waals surface area (Å²) in [6, 6.07) is 7.88. The lowest BCUT2D eigenvalue weighted by Gasteiger charge is -2.12. The summed E-state index contributed by atoms with van der Waals surface area (Å²) in [7, 11) is 0. The number of hydrazone groups is 1. The van der Waals surface area contributed by atoms with Crippen LogP contribution in [0.15, 0.2) is 41.6 Å². The van der Waals surface area contributed by atoms with Crippen molar-refractivity contribution >= 4 is 23.7 Å². The number of carbonyl (C=O) groups is 1. The molecule has 2 rings (SSSR count). The molecule has 0 atom stereocenters. The highest BCUT2D eigenvalue weighted by molar-refractivity contribution is 5.81. The van der Waals surface area contributed by atoms with E-state index in [1.54, 1.807) is 25.1 Å². The van der Waals surface area contributed by atoms with Crippen LogP contribution in [0.25, 0.3) is 0 Å². The topological polar surface area (TPSA) is 125 Å². The van der Waals surface area contributed by atoms with Crippen LogP contribution < -0.4 is 14.9 Å². The van der Waals surface area contributed by atoms with E-state index < -0.39 is 10.9 Å². The second kappa shape index (κ2) is 10.5. The number of anilines is 1. The molecule has 0 spiro atoms. The van der Waals surface area contributed by atoms with E-state index in [2.05, 4.69) is 15.5 Å². The normalized spacial score (nSPS) is 10.5. The average molecular weight is 388 g/mol. The number of nitro groups is 1. The van der Waals surface area contributed by atoms with Crippen LogP contribution in [0.2, 0.25) is 0 Å². The van der Waals surface area contributed by atoms with Crippen molar-refractivity contribution in [3.63, 3.8) is 0 Å². The highest BCUT2D eigenvalue weighted by Crippen LogP contribution is 2.28. The van der Waals surface area contributed by atoms with Crippen LogP contribution in [0.1, 0.15) is 19.4 Å². The van der Waals surface area contributed by atoms with Gasteiger partial charge in [-0.15, -0.1) is 0 Å². The van der Waals surface area contributed by atoms with Crippen LogP contribution in [0.4, 0.5) is 11.5 Å². The minimum Gasteiger partial charge on any atom is -0.490 e. The third-order valence-electron chi connectivity index (χ3n) is 3.27. The van der Waals surface area contributed by atoms with Crippen LogP contribution in [0.3, 0.4) is 0 Å². The Morgan fingerprint density at radius 1 is 1.21 bits per heavy atom. The molecule has 0 bridgehead atoms. The summed E-state index contributed by atoms with van der Waals surface area (Å²) in [4.78, 5) is 25.4. The summed E-state index contributed by atoms with van der Waals surface area (Å²) in [6.45, 7) is 4.04. The zero-order valence-corrected chi connectivity index (χ0v) is 15.5. The molecular formula is C18H20N4O6. The molecule has 0 aliphatic heterocycles. The molecule has 0 radical (unpaired) electrons. The van der Waals surface area contributed by atoms with Gasteiger partial charge < -0.3 is 14.2 Å². The van der Waals surface area contributed by atoms with Crippen LogP contribution in [0, 0.1) is 10.1 Å². The number of benzene rings is 1. The molecule has 1 N–H and O–H groups in total. The summed E-state index contributed by atoms with van der Waals surface area (Å²) < 4.78 is 15.8. The zero-order chi connectivity index (χ0) is 20.4. The summed E-state index contributed by atoms with van der Waals surface area (Å²) >= 11 is 0. The Balaban J connectivity index is 2.02. The molecule has 0 amide bonds. The molecule has 28 heavy (non-hydrogen) atoms. The van der Waals surface area contributed by atoms with E-state index in [1.807, 2.05) is 6.92 Å². The number of ether oxygens (including phenoxy) is 3. The number of esters is 1. The highest BCUT2D eigenvalue weighted by atomic mass is 16.6. The van der Waals surface area contributed by atoms with E-state index in [9.17, 15) is 14.9 Å². The predicted octanol–water partition coefficient (Wildman–Crippen LogP) is 2.78. The molecule has 1 aromatic carbocycles. The van der Waals surface area contributed by atoms with E-state index >= 15 is 0 Å². The van der Waals surface area contributed by atoms with Gasteiger partial charge >= 0.3 is 5.97 Å². The van der Waals surface area contributed by atoms with E-state index in [0.717, 1.165) is 6.20 Å². The van der Waals surface area contributed by atoms with Gasteiger partial charge in [0.05, 0.1) is 24.4 Å². The second-order valence-corrected chi connectivity index (χ2v) is 5.26. The van der Waals surface area contributed by atoms with Crippen molar-refractivity contribution in [2.45, 2.75) is 13.8 Å². The lowest BCUT2D eigenvalue weighted by Crippen LogP contribution is -2.15. The fourth-order valence-corrected chi connectivity index (χ4v) is 2.06. The second-order valence-electron chi connectivity index (χ2n) is 5.26. The summed E-state index contributed by atoms with van der Waals surface area (Å²) in [5.74, 6) is 0.776.